The van der Waals surface area contributed by atoms with Crippen molar-refractivity contribution in [2.75, 3.05) is 6.61 Å². The fourth-order valence-electron chi connectivity index (χ4n) is 3.68. The second-order valence-corrected chi connectivity index (χ2v) is 7.41. The van der Waals surface area contributed by atoms with Crippen molar-refractivity contribution in [3.63, 3.8) is 0 Å². The number of rotatable bonds is 8. The zero-order valence-corrected chi connectivity index (χ0v) is 17.8. The van der Waals surface area contributed by atoms with E-state index in [1.54, 1.807) is 13.2 Å². The van der Waals surface area contributed by atoms with Crippen LogP contribution in [-0.4, -0.2) is 12.6 Å². The molecule has 4 rings (SSSR count). The van der Waals surface area contributed by atoms with Crippen LogP contribution in [0.3, 0.4) is 0 Å². The molecule has 1 aromatic heterocycles. The van der Waals surface area contributed by atoms with Gasteiger partial charge in [0.2, 0.25) is 0 Å². The Labute approximate surface area is 185 Å². The Morgan fingerprint density at radius 3 is 2.72 bits per heavy atom. The minimum atomic E-state index is -0.350. The Kier molecular flexibility index (Phi) is 6.52. The van der Waals surface area contributed by atoms with Gasteiger partial charge in [0.25, 0.3) is 0 Å². The molecule has 3 aromatic carbocycles. The molecule has 0 atom stereocenters. The molecular formula is C26H24FNO4. The Bertz CT molecular complexity index is 1250. The number of esters is 1. The van der Waals surface area contributed by atoms with Gasteiger partial charge in [-0.25, -0.2) is 4.39 Å². The standard InChI is InChI=1S/C26H24FNO4/c1-2-30-25(29)14-19-5-3-4-6-24(19)32-16-18-10-20-7-8-31-26(20)23(12-18)21-9-17(15-28)11-22(27)13-21/h3-13H,2,14-16,28H2,1H3. The number of hydrogen-bond donors (Lipinski definition) is 1. The molecule has 0 unspecified atom stereocenters. The minimum Gasteiger partial charge on any atom is -0.489 e. The first-order chi connectivity index (χ1) is 15.6. The van der Waals surface area contributed by atoms with E-state index in [4.69, 9.17) is 19.6 Å². The van der Waals surface area contributed by atoms with Crippen molar-refractivity contribution in [1.29, 1.82) is 0 Å². The molecule has 0 aliphatic heterocycles. The van der Waals surface area contributed by atoms with Crippen molar-refractivity contribution in [3.05, 3.63) is 89.4 Å². The highest BCUT2D eigenvalue weighted by Gasteiger charge is 2.13. The second-order valence-electron chi connectivity index (χ2n) is 7.41. The van der Waals surface area contributed by atoms with Crippen LogP contribution in [0.2, 0.25) is 0 Å². The van der Waals surface area contributed by atoms with E-state index in [1.165, 1.54) is 12.1 Å². The lowest BCUT2D eigenvalue weighted by atomic mass is 9.98. The summed E-state index contributed by atoms with van der Waals surface area (Å²) in [5.74, 6) is -0.0322. The Morgan fingerprint density at radius 2 is 1.91 bits per heavy atom. The van der Waals surface area contributed by atoms with Crippen LogP contribution in [0.1, 0.15) is 23.6 Å². The Morgan fingerprint density at radius 1 is 1.06 bits per heavy atom. The van der Waals surface area contributed by atoms with E-state index in [9.17, 15) is 9.18 Å². The first-order valence-electron chi connectivity index (χ1n) is 10.4. The molecule has 0 fully saturated rings. The Hall–Kier alpha value is -3.64. The van der Waals surface area contributed by atoms with Crippen LogP contribution in [-0.2, 0) is 29.1 Å². The average Bonchev–Trinajstić information content (AvgIpc) is 3.26. The topological polar surface area (TPSA) is 74.7 Å². The van der Waals surface area contributed by atoms with Crippen LogP contribution in [0.4, 0.5) is 4.39 Å². The van der Waals surface area contributed by atoms with Gasteiger partial charge in [-0.15, -0.1) is 0 Å². The van der Waals surface area contributed by atoms with Gasteiger partial charge < -0.3 is 19.6 Å². The van der Waals surface area contributed by atoms with Crippen molar-refractivity contribution in [3.8, 4) is 16.9 Å². The number of hydrogen-bond acceptors (Lipinski definition) is 5. The summed E-state index contributed by atoms with van der Waals surface area (Å²) in [4.78, 5) is 11.9. The maximum Gasteiger partial charge on any atom is 0.310 e. The number of carbonyl (C=O) groups excluding carboxylic acids is 1. The molecule has 164 valence electrons. The number of furan rings is 1. The average molecular weight is 433 g/mol. The van der Waals surface area contributed by atoms with Crippen molar-refractivity contribution < 1.29 is 23.1 Å². The van der Waals surface area contributed by atoms with E-state index >= 15 is 0 Å². The maximum atomic E-state index is 14.2. The monoisotopic (exact) mass is 433 g/mol. The highest BCUT2D eigenvalue weighted by Crippen LogP contribution is 2.33. The SMILES string of the molecule is CCOC(=O)Cc1ccccc1OCc1cc(-c2cc(F)cc(CN)c2)c2occc2c1. The number of ether oxygens (including phenoxy) is 2. The molecule has 4 aromatic rings. The molecule has 2 N–H and O–H groups in total. The molecule has 6 heteroatoms. The van der Waals surface area contributed by atoms with Crippen molar-refractivity contribution in [2.24, 2.45) is 5.73 Å². The van der Waals surface area contributed by atoms with Gasteiger partial charge in [-0.05, 0) is 66.1 Å². The van der Waals surface area contributed by atoms with Crippen LogP contribution in [0.25, 0.3) is 22.1 Å². The summed E-state index contributed by atoms with van der Waals surface area (Å²) in [7, 11) is 0. The van der Waals surface area contributed by atoms with Crippen LogP contribution >= 0.6 is 0 Å². The number of nitrogens with two attached hydrogens (primary N) is 1. The molecule has 0 spiro atoms. The van der Waals surface area contributed by atoms with Crippen LogP contribution in [0, 0.1) is 5.82 Å². The maximum absolute atomic E-state index is 14.2. The lowest BCUT2D eigenvalue weighted by molar-refractivity contribution is -0.142. The quantitative estimate of drug-likeness (QED) is 0.378. The van der Waals surface area contributed by atoms with E-state index < -0.39 is 0 Å². The summed E-state index contributed by atoms with van der Waals surface area (Å²) >= 11 is 0. The predicted molar refractivity (Wildman–Crippen MR) is 121 cm³/mol. The smallest absolute Gasteiger partial charge is 0.310 e. The first kappa shape index (κ1) is 21.6. The second kappa shape index (κ2) is 9.66. The lowest BCUT2D eigenvalue weighted by Crippen LogP contribution is -2.09. The summed E-state index contributed by atoms with van der Waals surface area (Å²) in [6, 6.07) is 17.9. The highest BCUT2D eigenvalue weighted by molar-refractivity contribution is 5.93. The minimum absolute atomic E-state index is 0.140. The zero-order valence-electron chi connectivity index (χ0n) is 17.8. The van der Waals surface area contributed by atoms with E-state index in [-0.39, 0.29) is 31.4 Å². The van der Waals surface area contributed by atoms with Gasteiger partial charge in [0.05, 0.1) is 19.3 Å². The third-order valence-electron chi connectivity index (χ3n) is 5.12. The van der Waals surface area contributed by atoms with Crippen LogP contribution < -0.4 is 10.5 Å². The van der Waals surface area contributed by atoms with Gasteiger partial charge in [0.15, 0.2) is 0 Å². The first-order valence-corrected chi connectivity index (χ1v) is 10.4. The third-order valence-corrected chi connectivity index (χ3v) is 5.12. The predicted octanol–water partition coefficient (Wildman–Crippen LogP) is 5.38. The third kappa shape index (κ3) is 4.81. The summed E-state index contributed by atoms with van der Waals surface area (Å²) in [5, 5.41) is 0.888. The van der Waals surface area contributed by atoms with Crippen LogP contribution in [0.5, 0.6) is 5.75 Å². The number of para-hydroxylation sites is 1. The normalized spacial score (nSPS) is 11.0. The number of carbonyl (C=O) groups is 1. The van der Waals surface area contributed by atoms with Gasteiger partial charge >= 0.3 is 5.97 Å². The van der Waals surface area contributed by atoms with Gasteiger partial charge in [0, 0.05) is 23.1 Å². The molecule has 0 aliphatic carbocycles. The fraction of sp³-hybridized carbons (Fsp3) is 0.192. The zero-order chi connectivity index (χ0) is 22.5. The molecule has 0 saturated heterocycles. The van der Waals surface area contributed by atoms with Crippen molar-refractivity contribution in [2.45, 2.75) is 26.5 Å². The van der Waals surface area contributed by atoms with Crippen LogP contribution in [0.15, 0.2) is 71.3 Å². The molecule has 32 heavy (non-hydrogen) atoms. The van der Waals surface area contributed by atoms with E-state index in [2.05, 4.69) is 0 Å². The molecule has 0 radical (unpaired) electrons. The summed E-state index contributed by atoms with van der Waals surface area (Å²) in [5.41, 5.74) is 10.2. The van der Waals surface area contributed by atoms with Crippen molar-refractivity contribution >= 4 is 16.9 Å². The summed E-state index contributed by atoms with van der Waals surface area (Å²) in [6.07, 6.45) is 1.75. The molecule has 0 amide bonds. The molecular weight excluding hydrogens is 409 g/mol. The van der Waals surface area contributed by atoms with Crippen molar-refractivity contribution in [1.82, 2.24) is 0 Å². The summed E-state index contributed by atoms with van der Waals surface area (Å²) in [6.45, 7) is 2.62. The largest absolute Gasteiger partial charge is 0.489 e. The van der Waals surface area contributed by atoms with E-state index in [0.29, 0.717) is 29.1 Å². The summed E-state index contributed by atoms with van der Waals surface area (Å²) < 4.78 is 30.9. The molecule has 5 nitrogen and oxygen atoms in total. The molecule has 0 aliphatic rings. The highest BCUT2D eigenvalue weighted by atomic mass is 19.1. The number of benzene rings is 3. The van der Waals surface area contributed by atoms with E-state index in [1.807, 2.05) is 48.5 Å². The molecule has 1 heterocycles. The number of fused-ring (bicyclic) bond motifs is 1. The van der Waals surface area contributed by atoms with Gasteiger partial charge in [-0.3, -0.25) is 4.79 Å². The molecule has 0 bridgehead atoms. The molecule has 0 saturated carbocycles. The lowest BCUT2D eigenvalue weighted by Gasteiger charge is -2.13. The van der Waals surface area contributed by atoms with E-state index in [0.717, 1.165) is 22.1 Å². The Balaban J connectivity index is 1.64. The number of halogens is 1. The fourth-order valence-corrected chi connectivity index (χ4v) is 3.68. The van der Waals surface area contributed by atoms with Gasteiger partial charge in [-0.2, -0.15) is 0 Å². The van der Waals surface area contributed by atoms with Gasteiger partial charge in [0.1, 0.15) is 23.8 Å². The van der Waals surface area contributed by atoms with Gasteiger partial charge in [-0.1, -0.05) is 18.2 Å².